The van der Waals surface area contributed by atoms with Crippen LogP contribution in [0.1, 0.15) is 61.4 Å². The second kappa shape index (κ2) is 7.27. The van der Waals surface area contributed by atoms with Crippen LogP contribution in [0.2, 0.25) is 0 Å². The van der Waals surface area contributed by atoms with Crippen LogP contribution in [0.15, 0.2) is 35.0 Å². The summed E-state index contributed by atoms with van der Waals surface area (Å²) in [5.74, 6) is 1.82. The van der Waals surface area contributed by atoms with E-state index in [1.54, 1.807) is 0 Å². The van der Waals surface area contributed by atoms with Crippen molar-refractivity contribution in [2.45, 2.75) is 51.6 Å². The van der Waals surface area contributed by atoms with Crippen molar-refractivity contribution in [1.82, 2.24) is 24.8 Å². The lowest BCUT2D eigenvalue weighted by atomic mass is 9.92. The highest BCUT2D eigenvalue weighted by molar-refractivity contribution is 5.54. The van der Waals surface area contributed by atoms with Gasteiger partial charge in [-0.1, -0.05) is 43.3 Å². The Labute approximate surface area is 160 Å². The number of hydrogen-bond acceptors (Lipinski definition) is 5. The van der Waals surface area contributed by atoms with Crippen molar-refractivity contribution >= 4 is 0 Å². The van der Waals surface area contributed by atoms with E-state index < -0.39 is 0 Å². The number of hydrogen-bond donors (Lipinski definition) is 0. The molecular weight excluding hydrogens is 338 g/mol. The zero-order valence-electron chi connectivity index (χ0n) is 16.5. The largest absolute Gasteiger partial charge is 0.338 e. The van der Waals surface area contributed by atoms with Gasteiger partial charge in [-0.2, -0.15) is 10.1 Å². The van der Waals surface area contributed by atoms with Crippen LogP contribution in [0.3, 0.4) is 0 Å². The molecule has 0 fully saturated rings. The summed E-state index contributed by atoms with van der Waals surface area (Å²) in [6.45, 7) is 5.02. The van der Waals surface area contributed by atoms with Gasteiger partial charge >= 0.3 is 0 Å². The molecule has 1 atom stereocenters. The van der Waals surface area contributed by atoms with E-state index in [1.165, 1.54) is 23.2 Å². The number of fused-ring (bicyclic) bond motifs is 1. The minimum Gasteiger partial charge on any atom is -0.338 e. The van der Waals surface area contributed by atoms with E-state index in [9.17, 15) is 0 Å². The first-order valence-corrected chi connectivity index (χ1v) is 9.67. The lowest BCUT2D eigenvalue weighted by molar-refractivity contribution is 0.186. The second-order valence-corrected chi connectivity index (χ2v) is 7.78. The summed E-state index contributed by atoms with van der Waals surface area (Å²) in [4.78, 5) is 6.90. The van der Waals surface area contributed by atoms with E-state index in [1.807, 2.05) is 17.9 Å². The minimum absolute atomic E-state index is 0.350. The summed E-state index contributed by atoms with van der Waals surface area (Å²) in [7, 11) is 4.14. The normalized spacial score (nSPS) is 16.9. The van der Waals surface area contributed by atoms with E-state index in [2.05, 4.69) is 65.3 Å². The molecule has 2 heterocycles. The maximum Gasteiger partial charge on any atom is 0.241 e. The molecular formula is C21H27N5O. The molecule has 0 amide bonds. The first kappa shape index (κ1) is 17.9. The summed E-state index contributed by atoms with van der Waals surface area (Å²) < 4.78 is 7.53. The number of nitrogens with zero attached hydrogens (tertiary/aromatic N) is 5. The van der Waals surface area contributed by atoms with Crippen molar-refractivity contribution in [2.75, 3.05) is 7.05 Å². The van der Waals surface area contributed by atoms with Gasteiger partial charge < -0.3 is 4.52 Å². The van der Waals surface area contributed by atoms with Crippen LogP contribution in [-0.2, 0) is 20.0 Å². The molecule has 1 aliphatic carbocycles. The monoisotopic (exact) mass is 365 g/mol. The molecule has 142 valence electrons. The standard InChI is InChI=1S/C21H27N5O/c1-14(2)15-8-10-16(11-9-15)21-23-20(27-24-21)13-25(3)18-6-5-7-19-17(18)12-22-26(19)4/h8-12,14,18H,5-7,13H2,1-4H3. The highest BCUT2D eigenvalue weighted by Gasteiger charge is 2.27. The van der Waals surface area contributed by atoms with Crippen LogP contribution in [0.5, 0.6) is 0 Å². The molecule has 1 unspecified atom stereocenters. The molecule has 1 aromatic carbocycles. The third-order valence-electron chi connectivity index (χ3n) is 5.56. The number of benzene rings is 1. The Kier molecular flexibility index (Phi) is 4.83. The van der Waals surface area contributed by atoms with Gasteiger partial charge in [0.2, 0.25) is 11.7 Å². The van der Waals surface area contributed by atoms with Gasteiger partial charge in [-0.15, -0.1) is 0 Å². The van der Waals surface area contributed by atoms with Gasteiger partial charge in [0.1, 0.15) is 0 Å². The van der Waals surface area contributed by atoms with Gasteiger partial charge in [0, 0.05) is 29.9 Å². The van der Waals surface area contributed by atoms with Gasteiger partial charge in [0.25, 0.3) is 0 Å². The maximum atomic E-state index is 5.53. The molecule has 4 rings (SSSR count). The molecule has 27 heavy (non-hydrogen) atoms. The first-order valence-electron chi connectivity index (χ1n) is 9.67. The van der Waals surface area contributed by atoms with Gasteiger partial charge in [-0.05, 0) is 37.8 Å². The molecule has 0 spiro atoms. The Morgan fingerprint density at radius 2 is 2.04 bits per heavy atom. The fourth-order valence-corrected chi connectivity index (χ4v) is 3.92. The van der Waals surface area contributed by atoms with Gasteiger partial charge in [0.15, 0.2) is 0 Å². The van der Waals surface area contributed by atoms with Crippen molar-refractivity contribution in [3.63, 3.8) is 0 Å². The Balaban J connectivity index is 1.48. The molecule has 2 aromatic heterocycles. The summed E-state index contributed by atoms with van der Waals surface area (Å²) in [5, 5.41) is 8.62. The summed E-state index contributed by atoms with van der Waals surface area (Å²) >= 11 is 0. The molecule has 0 radical (unpaired) electrons. The Morgan fingerprint density at radius 3 is 2.78 bits per heavy atom. The second-order valence-electron chi connectivity index (χ2n) is 7.78. The maximum absolute atomic E-state index is 5.53. The highest BCUT2D eigenvalue weighted by atomic mass is 16.5. The van der Waals surface area contributed by atoms with Gasteiger partial charge in [-0.25, -0.2) is 0 Å². The van der Waals surface area contributed by atoms with E-state index in [-0.39, 0.29) is 0 Å². The van der Waals surface area contributed by atoms with Crippen molar-refractivity contribution in [3.8, 4) is 11.4 Å². The summed E-state index contributed by atoms with van der Waals surface area (Å²) in [6, 6.07) is 8.75. The average Bonchev–Trinajstić information content (AvgIpc) is 3.29. The van der Waals surface area contributed by atoms with Gasteiger partial charge in [-0.3, -0.25) is 9.58 Å². The predicted octanol–water partition coefficient (Wildman–Crippen LogP) is 4.10. The van der Waals surface area contributed by atoms with Crippen molar-refractivity contribution in [1.29, 1.82) is 0 Å². The van der Waals surface area contributed by atoms with E-state index in [0.717, 1.165) is 18.4 Å². The third-order valence-corrected chi connectivity index (χ3v) is 5.56. The van der Waals surface area contributed by atoms with Crippen LogP contribution in [0.25, 0.3) is 11.4 Å². The molecule has 6 heteroatoms. The van der Waals surface area contributed by atoms with Gasteiger partial charge in [0.05, 0.1) is 12.7 Å². The highest BCUT2D eigenvalue weighted by Crippen LogP contribution is 2.34. The zero-order valence-corrected chi connectivity index (χ0v) is 16.5. The molecule has 0 bridgehead atoms. The SMILES string of the molecule is CC(C)c1ccc(-c2noc(CN(C)C3CCCc4c3cnn4C)n2)cc1. The van der Waals surface area contributed by atoms with Crippen molar-refractivity contribution < 1.29 is 4.52 Å². The molecule has 3 aromatic rings. The molecule has 0 saturated carbocycles. The van der Waals surface area contributed by atoms with Crippen LogP contribution in [0, 0.1) is 0 Å². The fourth-order valence-electron chi connectivity index (χ4n) is 3.92. The molecule has 6 nitrogen and oxygen atoms in total. The molecule has 0 saturated heterocycles. The first-order chi connectivity index (χ1) is 13.0. The Hall–Kier alpha value is -2.47. The lowest BCUT2D eigenvalue weighted by Gasteiger charge is -2.30. The summed E-state index contributed by atoms with van der Waals surface area (Å²) in [6.07, 6.45) is 5.42. The third kappa shape index (κ3) is 3.54. The summed E-state index contributed by atoms with van der Waals surface area (Å²) in [5.41, 5.74) is 4.97. The molecule has 0 N–H and O–H groups in total. The number of aromatic nitrogens is 4. The molecule has 1 aliphatic rings. The van der Waals surface area contributed by atoms with Crippen molar-refractivity contribution in [2.24, 2.45) is 7.05 Å². The fraction of sp³-hybridized carbons (Fsp3) is 0.476. The van der Waals surface area contributed by atoms with Crippen molar-refractivity contribution in [3.05, 3.63) is 53.2 Å². The molecule has 0 aliphatic heterocycles. The predicted molar refractivity (Wildman–Crippen MR) is 104 cm³/mol. The number of rotatable bonds is 5. The Morgan fingerprint density at radius 1 is 1.26 bits per heavy atom. The smallest absolute Gasteiger partial charge is 0.241 e. The topological polar surface area (TPSA) is 60.0 Å². The van der Waals surface area contributed by atoms with Crippen LogP contribution < -0.4 is 0 Å². The van der Waals surface area contributed by atoms with E-state index in [0.29, 0.717) is 30.2 Å². The zero-order chi connectivity index (χ0) is 19.0. The van der Waals surface area contributed by atoms with Crippen LogP contribution >= 0.6 is 0 Å². The van der Waals surface area contributed by atoms with Crippen LogP contribution in [-0.4, -0.2) is 31.9 Å². The average molecular weight is 365 g/mol. The van der Waals surface area contributed by atoms with E-state index >= 15 is 0 Å². The van der Waals surface area contributed by atoms with E-state index in [4.69, 9.17) is 4.52 Å². The number of aryl methyl sites for hydroxylation is 1. The lowest BCUT2D eigenvalue weighted by Crippen LogP contribution is -2.27. The Bertz CT molecular complexity index is 909. The quantitative estimate of drug-likeness (QED) is 0.681. The minimum atomic E-state index is 0.350. The van der Waals surface area contributed by atoms with Crippen LogP contribution in [0.4, 0.5) is 0 Å².